The lowest BCUT2D eigenvalue weighted by Gasteiger charge is -2.13. The molecular formula is C14H17NO3S. The van der Waals surface area contributed by atoms with E-state index in [-0.39, 0.29) is 11.8 Å². The van der Waals surface area contributed by atoms with Crippen LogP contribution < -0.4 is 5.32 Å². The van der Waals surface area contributed by atoms with E-state index in [1.165, 1.54) is 0 Å². The number of benzene rings is 1. The van der Waals surface area contributed by atoms with Gasteiger partial charge in [0.2, 0.25) is 0 Å². The molecule has 1 unspecified atom stereocenters. The van der Waals surface area contributed by atoms with Crippen LogP contribution in [0.5, 0.6) is 0 Å². The Hall–Kier alpha value is -1.75. The van der Waals surface area contributed by atoms with Gasteiger partial charge in [0, 0.05) is 11.3 Å². The number of rotatable bonds is 5. The van der Waals surface area contributed by atoms with Crippen molar-refractivity contribution < 1.29 is 12.8 Å². The highest BCUT2D eigenvalue weighted by atomic mass is 32.2. The fourth-order valence-electron chi connectivity index (χ4n) is 1.78. The van der Waals surface area contributed by atoms with Gasteiger partial charge in [-0.15, -0.1) is 0 Å². The molecule has 0 fully saturated rings. The Labute approximate surface area is 113 Å². The molecular weight excluding hydrogens is 262 g/mol. The average molecular weight is 279 g/mol. The normalized spacial score (nSPS) is 13.2. The molecule has 0 saturated heterocycles. The van der Waals surface area contributed by atoms with Gasteiger partial charge < -0.3 is 9.73 Å². The second-order valence-electron chi connectivity index (χ2n) is 4.35. The van der Waals surface area contributed by atoms with Crippen LogP contribution in [0, 0.1) is 0 Å². The van der Waals surface area contributed by atoms with E-state index in [2.05, 4.69) is 5.32 Å². The maximum atomic E-state index is 11.7. The van der Waals surface area contributed by atoms with Crippen molar-refractivity contribution >= 4 is 15.5 Å². The zero-order valence-corrected chi connectivity index (χ0v) is 11.8. The lowest BCUT2D eigenvalue weighted by Crippen LogP contribution is -2.07. The van der Waals surface area contributed by atoms with Gasteiger partial charge >= 0.3 is 0 Å². The molecule has 0 radical (unpaired) electrons. The molecule has 19 heavy (non-hydrogen) atoms. The van der Waals surface area contributed by atoms with Crippen molar-refractivity contribution in [1.29, 1.82) is 0 Å². The van der Waals surface area contributed by atoms with Gasteiger partial charge in [0.15, 0.2) is 9.84 Å². The number of sulfone groups is 1. The molecule has 1 aromatic heterocycles. The summed E-state index contributed by atoms with van der Waals surface area (Å²) in [5, 5.41) is 3.29. The van der Waals surface area contributed by atoms with Crippen molar-refractivity contribution in [3.63, 3.8) is 0 Å². The summed E-state index contributed by atoms with van der Waals surface area (Å²) in [7, 11) is -3.13. The molecule has 0 amide bonds. The number of hydrogen-bond donors (Lipinski definition) is 1. The second-order valence-corrected chi connectivity index (χ2v) is 6.63. The molecule has 0 aliphatic rings. The van der Waals surface area contributed by atoms with E-state index in [0.717, 1.165) is 11.3 Å². The molecule has 102 valence electrons. The van der Waals surface area contributed by atoms with Gasteiger partial charge in [-0.1, -0.05) is 6.92 Å². The Bertz CT molecular complexity index is 615. The van der Waals surface area contributed by atoms with Gasteiger partial charge in [0.25, 0.3) is 0 Å². The van der Waals surface area contributed by atoms with E-state index in [1.807, 2.05) is 13.0 Å². The summed E-state index contributed by atoms with van der Waals surface area (Å²) >= 11 is 0. The quantitative estimate of drug-likeness (QED) is 0.912. The number of hydrogen-bond acceptors (Lipinski definition) is 4. The van der Waals surface area contributed by atoms with Crippen LogP contribution in [-0.4, -0.2) is 14.2 Å². The van der Waals surface area contributed by atoms with Crippen LogP contribution in [0.25, 0.3) is 0 Å². The van der Waals surface area contributed by atoms with Gasteiger partial charge in [-0.25, -0.2) is 8.42 Å². The molecule has 0 saturated carbocycles. The van der Waals surface area contributed by atoms with Crippen molar-refractivity contribution in [2.45, 2.75) is 24.8 Å². The fraction of sp³-hybridized carbons (Fsp3) is 0.286. The Morgan fingerprint density at radius 3 is 2.42 bits per heavy atom. The number of furan rings is 1. The van der Waals surface area contributed by atoms with Crippen molar-refractivity contribution in [2.24, 2.45) is 0 Å². The highest BCUT2D eigenvalue weighted by Crippen LogP contribution is 2.21. The maximum absolute atomic E-state index is 11.7. The molecule has 1 heterocycles. The summed E-state index contributed by atoms with van der Waals surface area (Å²) in [4.78, 5) is 0.358. The monoisotopic (exact) mass is 279 g/mol. The van der Waals surface area contributed by atoms with E-state index < -0.39 is 9.84 Å². The Morgan fingerprint density at radius 1 is 1.21 bits per heavy atom. The van der Waals surface area contributed by atoms with E-state index in [1.54, 1.807) is 43.7 Å². The summed E-state index contributed by atoms with van der Waals surface area (Å²) < 4.78 is 28.4. The molecule has 1 aromatic carbocycles. The highest BCUT2D eigenvalue weighted by Gasteiger charge is 2.11. The molecule has 0 bridgehead atoms. The number of nitrogens with one attached hydrogen (secondary N) is 1. The maximum Gasteiger partial charge on any atom is 0.178 e. The molecule has 0 spiro atoms. The Kier molecular flexibility index (Phi) is 3.95. The van der Waals surface area contributed by atoms with Crippen molar-refractivity contribution in [3.8, 4) is 0 Å². The summed E-state index contributed by atoms with van der Waals surface area (Å²) in [5.41, 5.74) is 1.93. The van der Waals surface area contributed by atoms with Crippen LogP contribution in [0.4, 0.5) is 5.69 Å². The van der Waals surface area contributed by atoms with Crippen LogP contribution in [0.15, 0.2) is 52.2 Å². The van der Waals surface area contributed by atoms with E-state index in [0.29, 0.717) is 4.90 Å². The minimum Gasteiger partial charge on any atom is -0.472 e. The molecule has 4 nitrogen and oxygen atoms in total. The van der Waals surface area contributed by atoms with Crippen molar-refractivity contribution in [3.05, 3.63) is 48.4 Å². The van der Waals surface area contributed by atoms with Gasteiger partial charge in [0.05, 0.1) is 29.2 Å². The topological polar surface area (TPSA) is 59.3 Å². The summed E-state index contributed by atoms with van der Waals surface area (Å²) in [6, 6.07) is 8.81. The van der Waals surface area contributed by atoms with Gasteiger partial charge in [-0.05, 0) is 37.3 Å². The molecule has 2 rings (SSSR count). The SMILES string of the molecule is CCS(=O)(=O)c1ccc(NC(C)c2ccoc2)cc1. The van der Waals surface area contributed by atoms with Crippen LogP contribution in [0.2, 0.25) is 0 Å². The van der Waals surface area contributed by atoms with Crippen molar-refractivity contribution in [1.82, 2.24) is 0 Å². The van der Waals surface area contributed by atoms with Gasteiger partial charge in [0.1, 0.15) is 0 Å². The fourth-order valence-corrected chi connectivity index (χ4v) is 2.66. The zero-order valence-electron chi connectivity index (χ0n) is 11.0. The highest BCUT2D eigenvalue weighted by molar-refractivity contribution is 7.91. The second kappa shape index (κ2) is 5.48. The predicted octanol–water partition coefficient (Wildman–Crippen LogP) is 3.25. The summed E-state index contributed by atoms with van der Waals surface area (Å²) in [6.45, 7) is 3.66. The standard InChI is InChI=1S/C14H17NO3S/c1-3-19(16,17)14-6-4-13(5-7-14)15-11(2)12-8-9-18-10-12/h4-11,15H,3H2,1-2H3. The average Bonchev–Trinajstić information content (AvgIpc) is 2.93. The minimum atomic E-state index is -3.13. The zero-order chi connectivity index (χ0) is 13.9. The summed E-state index contributed by atoms with van der Waals surface area (Å²) in [5.74, 6) is 0.116. The van der Waals surface area contributed by atoms with E-state index in [9.17, 15) is 8.42 Å². The van der Waals surface area contributed by atoms with Crippen molar-refractivity contribution in [2.75, 3.05) is 11.1 Å². The third-order valence-electron chi connectivity index (χ3n) is 3.02. The summed E-state index contributed by atoms with van der Waals surface area (Å²) in [6.07, 6.45) is 3.32. The van der Waals surface area contributed by atoms with Gasteiger partial charge in [-0.2, -0.15) is 0 Å². The van der Waals surface area contributed by atoms with Gasteiger partial charge in [-0.3, -0.25) is 0 Å². The van der Waals surface area contributed by atoms with E-state index in [4.69, 9.17) is 4.42 Å². The first kappa shape index (κ1) is 13.7. The van der Waals surface area contributed by atoms with Crippen LogP contribution >= 0.6 is 0 Å². The molecule has 0 aliphatic heterocycles. The lowest BCUT2D eigenvalue weighted by atomic mass is 10.1. The first-order chi connectivity index (χ1) is 9.03. The largest absolute Gasteiger partial charge is 0.472 e. The smallest absolute Gasteiger partial charge is 0.178 e. The van der Waals surface area contributed by atoms with Crippen LogP contribution in [0.1, 0.15) is 25.5 Å². The minimum absolute atomic E-state index is 0.104. The predicted molar refractivity (Wildman–Crippen MR) is 74.9 cm³/mol. The van der Waals surface area contributed by atoms with E-state index >= 15 is 0 Å². The Balaban J connectivity index is 2.11. The first-order valence-electron chi connectivity index (χ1n) is 6.14. The Morgan fingerprint density at radius 2 is 1.89 bits per heavy atom. The third-order valence-corrected chi connectivity index (χ3v) is 4.77. The molecule has 1 atom stereocenters. The molecule has 0 aliphatic carbocycles. The molecule has 2 aromatic rings. The molecule has 5 heteroatoms. The lowest BCUT2D eigenvalue weighted by molar-refractivity contribution is 0.562. The third kappa shape index (κ3) is 3.17. The number of anilines is 1. The van der Waals surface area contributed by atoms with Crippen LogP contribution in [-0.2, 0) is 9.84 Å². The van der Waals surface area contributed by atoms with Crippen LogP contribution in [0.3, 0.4) is 0 Å². The molecule has 1 N–H and O–H groups in total. The first-order valence-corrected chi connectivity index (χ1v) is 7.79.